The van der Waals surface area contributed by atoms with Crippen molar-refractivity contribution in [2.24, 2.45) is 0 Å². The molecule has 0 aliphatic heterocycles. The molecule has 0 aliphatic carbocycles. The van der Waals surface area contributed by atoms with Crippen molar-refractivity contribution in [1.82, 2.24) is 0 Å². The molecule has 0 bridgehead atoms. The molecule has 0 unspecified atom stereocenters. The summed E-state index contributed by atoms with van der Waals surface area (Å²) < 4.78 is 17.7. The highest BCUT2D eigenvalue weighted by atomic mass is 35.5. The minimum Gasteiger partial charge on any atom is -0.487 e. The van der Waals surface area contributed by atoms with Gasteiger partial charge >= 0.3 is 0 Å². The highest BCUT2D eigenvalue weighted by Crippen LogP contribution is 2.21. The summed E-state index contributed by atoms with van der Waals surface area (Å²) in [6.45, 7) is 3.58. The van der Waals surface area contributed by atoms with Crippen LogP contribution in [0.4, 0.5) is 4.39 Å². The third-order valence-corrected chi connectivity index (χ3v) is 1.57. The van der Waals surface area contributed by atoms with Gasteiger partial charge in [-0.1, -0.05) is 18.5 Å². The van der Waals surface area contributed by atoms with E-state index in [0.29, 0.717) is 5.75 Å². The molecular formula is C9H9ClFO. The zero-order valence-electron chi connectivity index (χ0n) is 6.68. The number of hydrogen-bond donors (Lipinski definition) is 0. The molecule has 1 aromatic rings. The third-order valence-electron chi connectivity index (χ3n) is 1.28. The summed E-state index contributed by atoms with van der Waals surface area (Å²) in [4.78, 5) is 0. The van der Waals surface area contributed by atoms with Gasteiger partial charge in [0.2, 0.25) is 0 Å². The van der Waals surface area contributed by atoms with Crippen LogP contribution in [0.5, 0.6) is 5.75 Å². The highest BCUT2D eigenvalue weighted by Gasteiger charge is 2.00. The van der Waals surface area contributed by atoms with Crippen LogP contribution in [-0.4, -0.2) is 0 Å². The summed E-state index contributed by atoms with van der Waals surface area (Å²) in [5.74, 6) is 0.128. The fourth-order valence-electron chi connectivity index (χ4n) is 0.730. The van der Waals surface area contributed by atoms with Crippen LogP contribution in [0.2, 0.25) is 5.02 Å². The maximum atomic E-state index is 12.6. The maximum Gasteiger partial charge on any atom is 0.142 e. The first-order valence-corrected chi connectivity index (χ1v) is 4.05. The van der Waals surface area contributed by atoms with E-state index in [-0.39, 0.29) is 5.02 Å². The molecule has 0 saturated carbocycles. The van der Waals surface area contributed by atoms with Crippen molar-refractivity contribution < 1.29 is 9.13 Å². The summed E-state index contributed by atoms with van der Waals surface area (Å²) >= 11 is 5.52. The zero-order chi connectivity index (χ0) is 8.97. The average molecular weight is 188 g/mol. The van der Waals surface area contributed by atoms with Gasteiger partial charge < -0.3 is 4.74 Å². The summed E-state index contributed by atoms with van der Waals surface area (Å²) in [7, 11) is 0. The van der Waals surface area contributed by atoms with Gasteiger partial charge in [-0.3, -0.25) is 0 Å². The van der Waals surface area contributed by atoms with E-state index in [4.69, 9.17) is 16.3 Å². The van der Waals surface area contributed by atoms with Gasteiger partial charge in [-0.2, -0.15) is 0 Å². The Balaban J connectivity index is 2.69. The minimum atomic E-state index is -0.430. The Morgan fingerprint density at radius 2 is 2.33 bits per heavy atom. The van der Waals surface area contributed by atoms with Gasteiger partial charge in [0.05, 0.1) is 5.02 Å². The smallest absolute Gasteiger partial charge is 0.142 e. The minimum absolute atomic E-state index is 0.0806. The molecule has 1 rings (SSSR count). The molecule has 3 heteroatoms. The van der Waals surface area contributed by atoms with Gasteiger partial charge in [0, 0.05) is 6.07 Å². The van der Waals surface area contributed by atoms with Crippen LogP contribution in [0.1, 0.15) is 13.3 Å². The predicted octanol–water partition coefficient (Wildman–Crippen LogP) is 3.43. The standard InChI is InChI=1S/C9H9ClFO/c1-2-5-12-7-3-4-9(11)8(10)6-7/h3-6H,2H2,1H3. The summed E-state index contributed by atoms with van der Waals surface area (Å²) in [5, 5.41) is 0.0806. The monoisotopic (exact) mass is 187 g/mol. The average Bonchev–Trinajstić information content (AvgIpc) is 2.07. The van der Waals surface area contributed by atoms with Gasteiger partial charge in [0.25, 0.3) is 0 Å². The molecule has 0 fully saturated rings. The highest BCUT2D eigenvalue weighted by molar-refractivity contribution is 6.30. The van der Waals surface area contributed by atoms with Crippen LogP contribution in [0.25, 0.3) is 0 Å². The topological polar surface area (TPSA) is 9.23 Å². The van der Waals surface area contributed by atoms with Gasteiger partial charge in [0.1, 0.15) is 18.2 Å². The lowest BCUT2D eigenvalue weighted by molar-refractivity contribution is 0.396. The molecule has 0 heterocycles. The second kappa shape index (κ2) is 4.31. The molecule has 12 heavy (non-hydrogen) atoms. The van der Waals surface area contributed by atoms with E-state index in [1.807, 2.05) is 6.92 Å². The van der Waals surface area contributed by atoms with Crippen LogP contribution in [-0.2, 0) is 0 Å². The SMILES string of the molecule is CC[CH]Oc1ccc(F)c(Cl)c1. The Hall–Kier alpha value is -0.760. The molecule has 1 aromatic carbocycles. The second-order valence-electron chi connectivity index (χ2n) is 2.27. The predicted molar refractivity (Wildman–Crippen MR) is 46.6 cm³/mol. The van der Waals surface area contributed by atoms with Gasteiger partial charge in [-0.25, -0.2) is 4.39 Å². The van der Waals surface area contributed by atoms with Crippen LogP contribution < -0.4 is 4.74 Å². The van der Waals surface area contributed by atoms with E-state index in [9.17, 15) is 4.39 Å². The van der Waals surface area contributed by atoms with E-state index in [2.05, 4.69) is 0 Å². The molecule has 1 radical (unpaired) electrons. The normalized spacial score (nSPS) is 9.92. The lowest BCUT2D eigenvalue weighted by atomic mass is 10.3. The lowest BCUT2D eigenvalue weighted by Crippen LogP contribution is -1.88. The first-order valence-electron chi connectivity index (χ1n) is 3.67. The van der Waals surface area contributed by atoms with E-state index in [1.165, 1.54) is 18.2 Å². The zero-order valence-corrected chi connectivity index (χ0v) is 7.44. The Morgan fingerprint density at radius 1 is 1.58 bits per heavy atom. The lowest BCUT2D eigenvalue weighted by Gasteiger charge is -2.03. The molecule has 65 valence electrons. The summed E-state index contributed by atoms with van der Waals surface area (Å²) in [6.07, 6.45) is 0.801. The van der Waals surface area contributed by atoms with Crippen LogP contribution in [0, 0.1) is 12.4 Å². The fourth-order valence-corrected chi connectivity index (χ4v) is 0.900. The maximum absolute atomic E-state index is 12.6. The van der Waals surface area contributed by atoms with Gasteiger partial charge in [-0.15, -0.1) is 0 Å². The van der Waals surface area contributed by atoms with Crippen molar-refractivity contribution in [3.8, 4) is 5.75 Å². The molecule has 0 aliphatic rings. The van der Waals surface area contributed by atoms with Crippen molar-refractivity contribution in [2.75, 3.05) is 0 Å². The third kappa shape index (κ3) is 2.38. The van der Waals surface area contributed by atoms with Crippen LogP contribution in [0.3, 0.4) is 0 Å². The molecule has 1 nitrogen and oxygen atoms in total. The van der Waals surface area contributed by atoms with Crippen molar-refractivity contribution in [3.63, 3.8) is 0 Å². The molecule has 0 saturated heterocycles. The van der Waals surface area contributed by atoms with Crippen LogP contribution in [0.15, 0.2) is 18.2 Å². The van der Waals surface area contributed by atoms with E-state index >= 15 is 0 Å². The quantitative estimate of drug-likeness (QED) is 0.705. The second-order valence-corrected chi connectivity index (χ2v) is 2.68. The van der Waals surface area contributed by atoms with E-state index < -0.39 is 5.82 Å². The largest absolute Gasteiger partial charge is 0.487 e. The Morgan fingerprint density at radius 3 is 2.92 bits per heavy atom. The molecule has 0 spiro atoms. The number of rotatable bonds is 3. The first-order chi connectivity index (χ1) is 5.74. The van der Waals surface area contributed by atoms with Gasteiger partial charge in [0.15, 0.2) is 0 Å². The Kier molecular flexibility index (Phi) is 3.35. The van der Waals surface area contributed by atoms with E-state index in [0.717, 1.165) is 6.42 Å². The Labute approximate surface area is 76.1 Å². The fraction of sp³-hybridized carbons (Fsp3) is 0.222. The van der Waals surface area contributed by atoms with Crippen molar-refractivity contribution in [3.05, 3.63) is 35.6 Å². The molecule has 0 amide bonds. The molecular weight excluding hydrogens is 179 g/mol. The Bertz CT molecular complexity index is 263. The van der Waals surface area contributed by atoms with E-state index in [1.54, 1.807) is 6.61 Å². The summed E-state index contributed by atoms with van der Waals surface area (Å²) in [5.41, 5.74) is 0. The number of benzene rings is 1. The summed E-state index contributed by atoms with van der Waals surface area (Å²) in [6, 6.07) is 4.26. The van der Waals surface area contributed by atoms with Crippen molar-refractivity contribution in [2.45, 2.75) is 13.3 Å². The molecule has 0 N–H and O–H groups in total. The number of hydrogen-bond acceptors (Lipinski definition) is 1. The number of ether oxygens (including phenoxy) is 1. The van der Waals surface area contributed by atoms with Crippen LogP contribution >= 0.6 is 11.6 Å². The van der Waals surface area contributed by atoms with Crippen molar-refractivity contribution in [1.29, 1.82) is 0 Å². The van der Waals surface area contributed by atoms with Gasteiger partial charge in [-0.05, 0) is 18.6 Å². The van der Waals surface area contributed by atoms with Crippen molar-refractivity contribution >= 4 is 11.6 Å². The molecule has 0 aromatic heterocycles. The number of halogens is 2. The first kappa shape index (κ1) is 9.33. The molecule has 0 atom stereocenters.